The quantitative estimate of drug-likeness (QED) is 0.671. The number of hydrogen-bond donors (Lipinski definition) is 1. The van der Waals surface area contributed by atoms with Gasteiger partial charge in [0.2, 0.25) is 0 Å². The number of anilines is 1. The van der Waals surface area contributed by atoms with Crippen molar-refractivity contribution in [2.24, 2.45) is 0 Å². The Bertz CT molecular complexity index is 759. The fourth-order valence-corrected chi connectivity index (χ4v) is 5.56. The van der Waals surface area contributed by atoms with E-state index in [9.17, 15) is 4.79 Å². The number of carbonyl (C=O) groups is 1. The molecule has 0 bridgehead atoms. The minimum absolute atomic E-state index is 0.0277. The molecule has 5 nitrogen and oxygen atoms in total. The Morgan fingerprint density at radius 3 is 2.91 bits per heavy atom. The minimum Gasteiger partial charge on any atom is -0.462 e. The van der Waals surface area contributed by atoms with Gasteiger partial charge in [-0.05, 0) is 38.2 Å². The van der Waals surface area contributed by atoms with E-state index in [0.29, 0.717) is 17.4 Å². The summed E-state index contributed by atoms with van der Waals surface area (Å²) in [5.41, 5.74) is 7.53. The Labute approximate surface area is 136 Å². The zero-order valence-electron chi connectivity index (χ0n) is 12.3. The van der Waals surface area contributed by atoms with E-state index in [2.05, 4.69) is 9.97 Å². The fraction of sp³-hybridized carbons (Fsp3) is 0.533. The van der Waals surface area contributed by atoms with Crippen molar-refractivity contribution in [3.8, 4) is 0 Å². The van der Waals surface area contributed by atoms with Crippen LogP contribution in [-0.2, 0) is 22.4 Å². The zero-order valence-corrected chi connectivity index (χ0v) is 13.9. The van der Waals surface area contributed by atoms with E-state index >= 15 is 0 Å². The molecule has 1 fully saturated rings. The summed E-state index contributed by atoms with van der Waals surface area (Å²) in [4.78, 5) is 23.2. The first kappa shape index (κ1) is 14.3. The van der Waals surface area contributed by atoms with Crippen LogP contribution in [0.2, 0.25) is 0 Å². The van der Waals surface area contributed by atoms with Gasteiger partial charge in [0.15, 0.2) is 5.16 Å². The smallest absolute Gasteiger partial charge is 0.319 e. The SMILES string of the molecule is CC1CC(Sc2nc(N)c3c4c(sc3n2)CCCC4)C(=O)O1. The molecule has 1 aliphatic carbocycles. The molecule has 0 saturated carbocycles. The molecule has 0 aromatic carbocycles. The van der Waals surface area contributed by atoms with Gasteiger partial charge in [0.1, 0.15) is 22.0 Å². The third-order valence-corrected chi connectivity index (χ3v) is 6.44. The van der Waals surface area contributed by atoms with Crippen LogP contribution in [0.1, 0.15) is 36.6 Å². The highest BCUT2D eigenvalue weighted by atomic mass is 32.2. The van der Waals surface area contributed by atoms with Gasteiger partial charge in [-0.15, -0.1) is 11.3 Å². The first-order valence-electron chi connectivity index (χ1n) is 7.56. The molecule has 7 heteroatoms. The number of ether oxygens (including phenoxy) is 1. The number of esters is 1. The van der Waals surface area contributed by atoms with Crippen LogP contribution in [0, 0.1) is 0 Å². The van der Waals surface area contributed by atoms with Crippen LogP contribution < -0.4 is 5.73 Å². The van der Waals surface area contributed by atoms with Crippen molar-refractivity contribution >= 4 is 45.1 Å². The van der Waals surface area contributed by atoms with Crippen LogP contribution in [0.15, 0.2) is 5.16 Å². The van der Waals surface area contributed by atoms with Crippen LogP contribution in [0.5, 0.6) is 0 Å². The lowest BCUT2D eigenvalue weighted by molar-refractivity contribution is -0.140. The monoisotopic (exact) mass is 335 g/mol. The summed E-state index contributed by atoms with van der Waals surface area (Å²) in [5, 5.41) is 1.40. The number of thiophene rings is 1. The molecule has 1 aliphatic heterocycles. The predicted octanol–water partition coefficient (Wildman–Crippen LogP) is 2.95. The van der Waals surface area contributed by atoms with Gasteiger partial charge in [-0.2, -0.15) is 0 Å². The van der Waals surface area contributed by atoms with E-state index in [1.54, 1.807) is 11.3 Å². The number of aryl methyl sites for hydroxylation is 2. The maximum Gasteiger partial charge on any atom is 0.319 e. The maximum absolute atomic E-state index is 11.8. The molecule has 0 spiro atoms. The Kier molecular flexibility index (Phi) is 3.49. The average molecular weight is 335 g/mol. The molecule has 2 N–H and O–H groups in total. The number of nitrogens with two attached hydrogens (primary N) is 1. The number of nitrogen functional groups attached to an aromatic ring is 1. The van der Waals surface area contributed by atoms with Gasteiger partial charge in [-0.25, -0.2) is 9.97 Å². The van der Waals surface area contributed by atoms with Crippen LogP contribution in [0.4, 0.5) is 5.82 Å². The molecule has 22 heavy (non-hydrogen) atoms. The molecule has 2 aromatic rings. The number of cyclic esters (lactones) is 1. The summed E-state index contributed by atoms with van der Waals surface area (Å²) in [6, 6.07) is 0. The molecule has 1 saturated heterocycles. The lowest BCUT2D eigenvalue weighted by Crippen LogP contribution is -2.10. The molecule has 2 aliphatic rings. The highest BCUT2D eigenvalue weighted by Crippen LogP contribution is 2.39. The summed E-state index contributed by atoms with van der Waals surface area (Å²) >= 11 is 3.09. The summed E-state index contributed by atoms with van der Waals surface area (Å²) in [6.45, 7) is 1.91. The average Bonchev–Trinajstić information content (AvgIpc) is 2.99. The summed E-state index contributed by atoms with van der Waals surface area (Å²) in [7, 11) is 0. The van der Waals surface area contributed by atoms with Crippen molar-refractivity contribution in [1.82, 2.24) is 9.97 Å². The highest BCUT2D eigenvalue weighted by molar-refractivity contribution is 8.00. The molecular weight excluding hydrogens is 318 g/mol. The first-order valence-corrected chi connectivity index (χ1v) is 9.26. The van der Waals surface area contributed by atoms with Crippen molar-refractivity contribution < 1.29 is 9.53 Å². The molecule has 2 unspecified atom stereocenters. The van der Waals surface area contributed by atoms with E-state index < -0.39 is 0 Å². The lowest BCUT2D eigenvalue weighted by Gasteiger charge is -2.11. The summed E-state index contributed by atoms with van der Waals surface area (Å²) in [6.07, 6.45) is 5.31. The second kappa shape index (κ2) is 5.38. The van der Waals surface area contributed by atoms with Crippen LogP contribution in [-0.4, -0.2) is 27.3 Å². The predicted molar refractivity (Wildman–Crippen MR) is 88.3 cm³/mol. The maximum atomic E-state index is 11.8. The Morgan fingerprint density at radius 2 is 2.14 bits per heavy atom. The zero-order chi connectivity index (χ0) is 15.3. The number of aromatic nitrogens is 2. The van der Waals surface area contributed by atoms with Gasteiger partial charge >= 0.3 is 5.97 Å². The van der Waals surface area contributed by atoms with Crippen molar-refractivity contribution in [2.45, 2.75) is 55.5 Å². The van der Waals surface area contributed by atoms with E-state index in [4.69, 9.17) is 10.5 Å². The number of rotatable bonds is 2. The molecule has 0 radical (unpaired) electrons. The van der Waals surface area contributed by atoms with Crippen molar-refractivity contribution in [3.63, 3.8) is 0 Å². The third kappa shape index (κ3) is 2.36. The second-order valence-electron chi connectivity index (χ2n) is 5.87. The third-order valence-electron chi connectivity index (χ3n) is 4.20. The normalized spacial score (nSPS) is 24.5. The Morgan fingerprint density at radius 1 is 1.32 bits per heavy atom. The number of hydrogen-bond acceptors (Lipinski definition) is 7. The lowest BCUT2D eigenvalue weighted by atomic mass is 9.97. The second-order valence-corrected chi connectivity index (χ2v) is 8.13. The van der Waals surface area contributed by atoms with Crippen LogP contribution in [0.3, 0.4) is 0 Å². The fourth-order valence-electron chi connectivity index (χ4n) is 3.16. The summed E-state index contributed by atoms with van der Waals surface area (Å²) in [5.74, 6) is 0.372. The Balaban J connectivity index is 1.70. The molecule has 4 rings (SSSR count). The van der Waals surface area contributed by atoms with Gasteiger partial charge in [0, 0.05) is 11.3 Å². The minimum atomic E-state index is -0.221. The van der Waals surface area contributed by atoms with Crippen molar-refractivity contribution in [1.29, 1.82) is 0 Å². The van der Waals surface area contributed by atoms with Gasteiger partial charge in [0.25, 0.3) is 0 Å². The molecule has 116 valence electrons. The number of fused-ring (bicyclic) bond motifs is 3. The largest absolute Gasteiger partial charge is 0.462 e. The van der Waals surface area contributed by atoms with E-state index in [1.807, 2.05) is 6.92 Å². The molecule has 0 amide bonds. The molecule has 3 heterocycles. The van der Waals surface area contributed by atoms with Crippen LogP contribution in [0.25, 0.3) is 10.2 Å². The highest BCUT2D eigenvalue weighted by Gasteiger charge is 2.33. The molecule has 2 atom stereocenters. The van der Waals surface area contributed by atoms with Gasteiger partial charge in [-0.1, -0.05) is 11.8 Å². The van der Waals surface area contributed by atoms with Crippen molar-refractivity contribution in [3.05, 3.63) is 10.4 Å². The first-order chi connectivity index (χ1) is 10.6. The topological polar surface area (TPSA) is 78.1 Å². The number of nitrogens with zero attached hydrogens (tertiary/aromatic N) is 2. The van der Waals surface area contributed by atoms with E-state index in [1.165, 1.54) is 35.0 Å². The standard InChI is InChI=1S/C15H17N3O2S2/c1-7-6-10(14(19)20-7)22-15-17-12(16)11-8-4-2-3-5-9(8)21-13(11)18-15/h7,10H,2-6H2,1H3,(H2,16,17,18). The van der Waals surface area contributed by atoms with Crippen molar-refractivity contribution in [2.75, 3.05) is 5.73 Å². The van der Waals surface area contributed by atoms with Crippen LogP contribution >= 0.6 is 23.1 Å². The number of thioether (sulfide) groups is 1. The Hall–Kier alpha value is -1.34. The van der Waals surface area contributed by atoms with Gasteiger partial charge in [-0.3, -0.25) is 4.79 Å². The van der Waals surface area contributed by atoms with Gasteiger partial charge in [0.05, 0.1) is 5.39 Å². The van der Waals surface area contributed by atoms with E-state index in [0.717, 1.165) is 23.1 Å². The molecule has 2 aromatic heterocycles. The number of carbonyl (C=O) groups excluding carboxylic acids is 1. The van der Waals surface area contributed by atoms with Gasteiger partial charge < -0.3 is 10.5 Å². The van der Waals surface area contributed by atoms with E-state index in [-0.39, 0.29) is 17.3 Å². The summed E-state index contributed by atoms with van der Waals surface area (Å²) < 4.78 is 5.19. The molecular formula is C15H17N3O2S2.